The fraction of sp³-hybridized carbons (Fsp3) is 0.500. The summed E-state index contributed by atoms with van der Waals surface area (Å²) in [6.07, 6.45) is 1.12. The normalized spacial score (nSPS) is 11.2. The van der Waals surface area contributed by atoms with Crippen molar-refractivity contribution in [3.63, 3.8) is 0 Å². The number of esters is 1. The number of hydrogen-bond acceptors (Lipinski definition) is 2. The summed E-state index contributed by atoms with van der Waals surface area (Å²) in [5.74, 6) is -0.509. The number of carbonyl (C=O) groups is 1. The number of rotatable bonds is 2. The van der Waals surface area contributed by atoms with Gasteiger partial charge in [0.05, 0.1) is 7.11 Å². The molecule has 0 fully saturated rings. The maximum atomic E-state index is 11.6. The van der Waals surface area contributed by atoms with Crippen LogP contribution in [0, 0.1) is 0 Å². The van der Waals surface area contributed by atoms with Crippen LogP contribution in [-0.4, -0.2) is 19.8 Å². The summed E-state index contributed by atoms with van der Waals surface area (Å²) < 4.78 is 15.8. The van der Waals surface area contributed by atoms with Gasteiger partial charge in [0.25, 0.3) is 0 Å². The molecule has 0 unspecified atom stereocenters. The summed E-state index contributed by atoms with van der Waals surface area (Å²) in [5, 5.41) is 0. The highest BCUT2D eigenvalue weighted by Gasteiger charge is 1.93. The van der Waals surface area contributed by atoms with E-state index in [1.807, 2.05) is 0 Å². The monoisotopic (exact) mass is 132 g/mol. The summed E-state index contributed by atoms with van der Waals surface area (Å²) in [4.78, 5) is 10.3. The van der Waals surface area contributed by atoms with Crippen molar-refractivity contribution in [2.24, 2.45) is 0 Å². The molecule has 0 aromatic heterocycles. The number of carbonyl (C=O) groups excluding carboxylic acids is 1. The third kappa shape index (κ3) is 3.70. The quantitative estimate of drug-likeness (QED) is 0.415. The molecule has 0 aromatic rings. The van der Waals surface area contributed by atoms with Crippen LogP contribution < -0.4 is 0 Å². The minimum Gasteiger partial charge on any atom is -0.466 e. The van der Waals surface area contributed by atoms with Crippen molar-refractivity contribution in [1.29, 1.82) is 0 Å². The fourth-order valence-corrected chi connectivity index (χ4v) is 0.299. The van der Waals surface area contributed by atoms with Crippen LogP contribution >= 0.6 is 0 Å². The van der Waals surface area contributed by atoms with Crippen molar-refractivity contribution in [2.75, 3.05) is 13.8 Å². The third-order valence-electron chi connectivity index (χ3n) is 0.776. The Morgan fingerprint density at radius 3 is 2.67 bits per heavy atom. The van der Waals surface area contributed by atoms with E-state index in [0.29, 0.717) is 5.57 Å². The van der Waals surface area contributed by atoms with Crippen molar-refractivity contribution >= 4 is 5.97 Å². The van der Waals surface area contributed by atoms with E-state index in [1.54, 1.807) is 0 Å². The maximum Gasteiger partial charge on any atom is 0.330 e. The fourth-order valence-electron chi connectivity index (χ4n) is 0.299. The predicted octanol–water partition coefficient (Wildman–Crippen LogP) is 1.08. The molecule has 0 spiro atoms. The molecule has 2 nitrogen and oxygen atoms in total. The Hall–Kier alpha value is -0.860. The molecule has 0 rings (SSSR count). The van der Waals surface area contributed by atoms with Crippen molar-refractivity contribution in [3.05, 3.63) is 11.6 Å². The molecule has 0 N–H and O–H groups in total. The molecule has 9 heavy (non-hydrogen) atoms. The van der Waals surface area contributed by atoms with Gasteiger partial charge in [-0.2, -0.15) is 0 Å². The van der Waals surface area contributed by atoms with E-state index >= 15 is 0 Å². The summed E-state index contributed by atoms with van der Waals surface area (Å²) in [6, 6.07) is 0. The van der Waals surface area contributed by atoms with E-state index in [4.69, 9.17) is 0 Å². The molecule has 0 saturated heterocycles. The van der Waals surface area contributed by atoms with E-state index in [9.17, 15) is 9.18 Å². The van der Waals surface area contributed by atoms with Crippen LogP contribution in [0.25, 0.3) is 0 Å². The number of hydrogen-bond donors (Lipinski definition) is 0. The van der Waals surface area contributed by atoms with Gasteiger partial charge in [0.2, 0.25) is 0 Å². The van der Waals surface area contributed by atoms with E-state index in [-0.39, 0.29) is 0 Å². The molecule has 0 aromatic carbocycles. The summed E-state index contributed by atoms with van der Waals surface area (Å²) >= 11 is 0. The lowest BCUT2D eigenvalue weighted by Crippen LogP contribution is -1.96. The van der Waals surface area contributed by atoms with Crippen molar-refractivity contribution in [2.45, 2.75) is 6.92 Å². The second-order valence-electron chi connectivity index (χ2n) is 1.65. The average Bonchev–Trinajstić information content (AvgIpc) is 1.87. The molecule has 0 heterocycles. The molecule has 0 radical (unpaired) electrons. The first-order valence-corrected chi connectivity index (χ1v) is 2.51. The first kappa shape index (κ1) is 8.14. The highest BCUT2D eigenvalue weighted by atomic mass is 19.1. The molecule has 0 aliphatic carbocycles. The molecule has 3 heteroatoms. The lowest BCUT2D eigenvalue weighted by Gasteiger charge is -1.91. The second-order valence-corrected chi connectivity index (χ2v) is 1.65. The highest BCUT2D eigenvalue weighted by molar-refractivity contribution is 5.82. The van der Waals surface area contributed by atoms with Gasteiger partial charge in [0, 0.05) is 6.08 Å². The van der Waals surface area contributed by atoms with E-state index in [0.717, 1.165) is 6.08 Å². The molecule has 0 bridgehead atoms. The van der Waals surface area contributed by atoms with Gasteiger partial charge < -0.3 is 4.74 Å². The predicted molar refractivity (Wildman–Crippen MR) is 31.7 cm³/mol. The summed E-state index contributed by atoms with van der Waals surface area (Å²) in [7, 11) is 1.25. The minimum atomic E-state index is -0.602. The third-order valence-corrected chi connectivity index (χ3v) is 0.776. The Labute approximate surface area is 53.3 Å². The van der Waals surface area contributed by atoms with Gasteiger partial charge >= 0.3 is 5.97 Å². The first-order chi connectivity index (χ1) is 4.20. The lowest BCUT2D eigenvalue weighted by atomic mass is 10.3. The minimum absolute atomic E-state index is 0.377. The first-order valence-electron chi connectivity index (χ1n) is 2.51. The zero-order valence-electron chi connectivity index (χ0n) is 5.48. The van der Waals surface area contributed by atoms with Gasteiger partial charge in [-0.1, -0.05) is 0 Å². The van der Waals surface area contributed by atoms with E-state index < -0.39 is 12.6 Å². The van der Waals surface area contributed by atoms with Gasteiger partial charge in [-0.3, -0.25) is 0 Å². The van der Waals surface area contributed by atoms with Crippen molar-refractivity contribution in [1.82, 2.24) is 0 Å². The Balaban J connectivity index is 3.79. The number of allylic oxidation sites excluding steroid dienone is 1. The molecule has 0 aliphatic rings. The van der Waals surface area contributed by atoms with Gasteiger partial charge in [0.1, 0.15) is 6.67 Å². The zero-order valence-corrected chi connectivity index (χ0v) is 5.48. The Morgan fingerprint density at radius 1 is 1.78 bits per heavy atom. The average molecular weight is 132 g/mol. The van der Waals surface area contributed by atoms with Crippen LogP contribution in [-0.2, 0) is 9.53 Å². The summed E-state index contributed by atoms with van der Waals surface area (Å²) in [6.45, 7) is 0.923. The molecular formula is C6H9FO2. The van der Waals surface area contributed by atoms with Crippen LogP contribution in [0.2, 0.25) is 0 Å². The van der Waals surface area contributed by atoms with Gasteiger partial charge in [-0.25, -0.2) is 9.18 Å². The molecule has 0 amide bonds. The van der Waals surface area contributed by atoms with E-state index in [2.05, 4.69) is 4.74 Å². The number of ether oxygens (including phenoxy) is 1. The smallest absolute Gasteiger partial charge is 0.330 e. The summed E-state index contributed by atoms with van der Waals surface area (Å²) in [5.41, 5.74) is 0.377. The Bertz CT molecular complexity index is 129. The zero-order chi connectivity index (χ0) is 7.28. The van der Waals surface area contributed by atoms with Gasteiger partial charge in [0.15, 0.2) is 0 Å². The van der Waals surface area contributed by atoms with Crippen LogP contribution in [0.15, 0.2) is 11.6 Å². The molecule has 0 aliphatic heterocycles. The number of alkyl halides is 1. The van der Waals surface area contributed by atoms with Crippen LogP contribution in [0.3, 0.4) is 0 Å². The van der Waals surface area contributed by atoms with E-state index in [1.165, 1.54) is 14.0 Å². The van der Waals surface area contributed by atoms with Crippen LogP contribution in [0.4, 0.5) is 4.39 Å². The molecular weight excluding hydrogens is 123 g/mol. The number of halogens is 1. The lowest BCUT2D eigenvalue weighted by molar-refractivity contribution is -0.134. The number of methoxy groups -OCH3 is 1. The maximum absolute atomic E-state index is 11.6. The SMILES string of the molecule is COC(=O)/C=C(\C)CF. The Kier molecular flexibility index (Phi) is 3.67. The van der Waals surface area contributed by atoms with Gasteiger partial charge in [-0.15, -0.1) is 0 Å². The van der Waals surface area contributed by atoms with Crippen LogP contribution in [0.5, 0.6) is 0 Å². The Morgan fingerprint density at radius 2 is 2.33 bits per heavy atom. The molecule has 0 atom stereocenters. The topological polar surface area (TPSA) is 26.3 Å². The van der Waals surface area contributed by atoms with Crippen molar-refractivity contribution < 1.29 is 13.9 Å². The molecule has 0 saturated carbocycles. The van der Waals surface area contributed by atoms with Crippen molar-refractivity contribution in [3.8, 4) is 0 Å². The molecule has 52 valence electrons. The largest absolute Gasteiger partial charge is 0.466 e. The highest BCUT2D eigenvalue weighted by Crippen LogP contribution is 1.92. The standard InChI is InChI=1S/C6H9FO2/c1-5(4-7)3-6(8)9-2/h3H,4H2,1-2H3/b5-3+. The van der Waals surface area contributed by atoms with Gasteiger partial charge in [-0.05, 0) is 12.5 Å². The van der Waals surface area contributed by atoms with Crippen LogP contribution in [0.1, 0.15) is 6.92 Å². The second kappa shape index (κ2) is 4.06.